The van der Waals surface area contributed by atoms with Crippen molar-refractivity contribution in [3.63, 3.8) is 0 Å². The third-order valence-electron chi connectivity index (χ3n) is 1.33. The molecule has 0 radical (unpaired) electrons. The highest BCUT2D eigenvalue weighted by Gasteiger charge is 2.10. The lowest BCUT2D eigenvalue weighted by molar-refractivity contribution is -0.140. The van der Waals surface area contributed by atoms with E-state index in [9.17, 15) is 4.79 Å². The summed E-state index contributed by atoms with van der Waals surface area (Å²) in [5, 5.41) is 8.51. The number of hydrogen-bond acceptors (Lipinski definition) is 4. The second-order valence-electron chi connectivity index (χ2n) is 2.47. The number of carbonyl (C=O) groups is 1. The Kier molecular flexibility index (Phi) is 4.91. The van der Waals surface area contributed by atoms with Crippen LogP contribution in [-0.4, -0.2) is 38.2 Å². The number of carboxylic acid groups (broad SMARTS) is 1. The SMILES string of the molecule is CC(C(=O)O)n1ccnc1.O=S(=O)(O)O. The summed E-state index contributed by atoms with van der Waals surface area (Å²) in [4.78, 5) is 14.1. The van der Waals surface area contributed by atoms with Crippen LogP contribution in [0.5, 0.6) is 0 Å². The molecule has 8 nitrogen and oxygen atoms in total. The van der Waals surface area contributed by atoms with Gasteiger partial charge in [-0.15, -0.1) is 0 Å². The van der Waals surface area contributed by atoms with Gasteiger partial charge in [-0.25, -0.2) is 9.78 Å². The lowest BCUT2D eigenvalue weighted by Gasteiger charge is -2.05. The summed E-state index contributed by atoms with van der Waals surface area (Å²) >= 11 is 0. The number of hydrogen-bond donors (Lipinski definition) is 3. The molecule has 15 heavy (non-hydrogen) atoms. The fraction of sp³-hybridized carbons (Fsp3) is 0.333. The van der Waals surface area contributed by atoms with Gasteiger partial charge in [0.05, 0.1) is 6.33 Å². The summed E-state index contributed by atoms with van der Waals surface area (Å²) in [7, 11) is -4.67. The fourth-order valence-electron chi connectivity index (χ4n) is 0.626. The van der Waals surface area contributed by atoms with Gasteiger partial charge < -0.3 is 9.67 Å². The Morgan fingerprint density at radius 1 is 1.47 bits per heavy atom. The number of aliphatic carboxylic acids is 1. The maximum absolute atomic E-state index is 10.3. The molecule has 1 rings (SSSR count). The molecule has 0 fully saturated rings. The number of imidazole rings is 1. The van der Waals surface area contributed by atoms with E-state index in [1.165, 1.54) is 10.9 Å². The van der Waals surface area contributed by atoms with Crippen LogP contribution in [0.15, 0.2) is 18.7 Å². The molecule has 0 spiro atoms. The van der Waals surface area contributed by atoms with Crippen molar-refractivity contribution in [2.45, 2.75) is 13.0 Å². The Morgan fingerprint density at radius 3 is 2.20 bits per heavy atom. The van der Waals surface area contributed by atoms with Crippen LogP contribution < -0.4 is 0 Å². The molecule has 0 saturated heterocycles. The summed E-state index contributed by atoms with van der Waals surface area (Å²) in [6.07, 6.45) is 4.66. The van der Waals surface area contributed by atoms with Crippen LogP contribution >= 0.6 is 0 Å². The lowest BCUT2D eigenvalue weighted by atomic mass is 10.3. The first-order valence-electron chi connectivity index (χ1n) is 3.62. The van der Waals surface area contributed by atoms with Crippen molar-refractivity contribution in [1.82, 2.24) is 9.55 Å². The third kappa shape index (κ3) is 7.61. The molecule has 1 aromatic rings. The average Bonchev–Trinajstić information content (AvgIpc) is 2.51. The smallest absolute Gasteiger partial charge is 0.394 e. The average molecular weight is 238 g/mol. The largest absolute Gasteiger partial charge is 0.480 e. The number of nitrogens with zero attached hydrogens (tertiary/aromatic N) is 2. The molecule has 86 valence electrons. The molecule has 0 amide bonds. The highest BCUT2D eigenvalue weighted by molar-refractivity contribution is 7.79. The van der Waals surface area contributed by atoms with Crippen LogP contribution in [0, 0.1) is 0 Å². The van der Waals surface area contributed by atoms with Gasteiger partial charge in [0.25, 0.3) is 0 Å². The third-order valence-corrected chi connectivity index (χ3v) is 1.33. The Hall–Kier alpha value is -1.45. The molecule has 9 heteroatoms. The minimum Gasteiger partial charge on any atom is -0.480 e. The molecule has 0 aliphatic rings. The molecular formula is C6H10N2O6S. The van der Waals surface area contributed by atoms with Crippen LogP contribution in [0.4, 0.5) is 0 Å². The van der Waals surface area contributed by atoms with E-state index < -0.39 is 22.4 Å². The van der Waals surface area contributed by atoms with Crippen LogP contribution in [0.3, 0.4) is 0 Å². The van der Waals surface area contributed by atoms with E-state index in [1.807, 2.05) is 0 Å². The van der Waals surface area contributed by atoms with Crippen molar-refractivity contribution >= 4 is 16.4 Å². The molecule has 0 bridgehead atoms. The molecule has 1 aromatic heterocycles. The quantitative estimate of drug-likeness (QED) is 0.612. The summed E-state index contributed by atoms with van der Waals surface area (Å²) in [5.74, 6) is -0.849. The van der Waals surface area contributed by atoms with Gasteiger partial charge in [0.2, 0.25) is 0 Å². The standard InChI is InChI=1S/C6H8N2O2.H2O4S/c1-5(6(9)10)8-3-2-7-4-8;1-5(2,3)4/h2-5H,1H3,(H,9,10);(H2,1,2,3,4). The number of aromatic nitrogens is 2. The lowest BCUT2D eigenvalue weighted by Crippen LogP contribution is -2.13. The molecule has 0 aliphatic carbocycles. The first-order valence-corrected chi connectivity index (χ1v) is 5.01. The van der Waals surface area contributed by atoms with Crippen molar-refractivity contribution in [2.75, 3.05) is 0 Å². The molecule has 1 unspecified atom stereocenters. The van der Waals surface area contributed by atoms with E-state index in [-0.39, 0.29) is 0 Å². The van der Waals surface area contributed by atoms with Crippen LogP contribution in [0.1, 0.15) is 13.0 Å². The van der Waals surface area contributed by atoms with Gasteiger partial charge in [0.1, 0.15) is 6.04 Å². The van der Waals surface area contributed by atoms with Gasteiger partial charge in [0.15, 0.2) is 0 Å². The number of rotatable bonds is 2. The van der Waals surface area contributed by atoms with E-state index in [1.54, 1.807) is 19.3 Å². The molecule has 0 aromatic carbocycles. The summed E-state index contributed by atoms with van der Waals surface area (Å²) < 4.78 is 33.1. The van der Waals surface area contributed by atoms with E-state index in [4.69, 9.17) is 22.6 Å². The topological polar surface area (TPSA) is 130 Å². The molecule has 1 atom stereocenters. The highest BCUT2D eigenvalue weighted by Crippen LogP contribution is 2.02. The summed E-state index contributed by atoms with van der Waals surface area (Å²) in [6, 6.07) is -0.525. The van der Waals surface area contributed by atoms with Crippen molar-refractivity contribution in [3.8, 4) is 0 Å². The second kappa shape index (κ2) is 5.44. The first kappa shape index (κ1) is 13.5. The summed E-state index contributed by atoms with van der Waals surface area (Å²) in [5.41, 5.74) is 0. The van der Waals surface area contributed by atoms with Crippen LogP contribution in [-0.2, 0) is 15.2 Å². The van der Waals surface area contributed by atoms with Crippen LogP contribution in [0.2, 0.25) is 0 Å². The summed E-state index contributed by atoms with van der Waals surface area (Å²) in [6.45, 7) is 1.60. The Labute approximate surface area is 85.8 Å². The van der Waals surface area contributed by atoms with Gasteiger partial charge in [-0.3, -0.25) is 9.11 Å². The molecule has 1 heterocycles. The Balaban J connectivity index is 0.000000336. The van der Waals surface area contributed by atoms with Crippen molar-refractivity contribution in [2.24, 2.45) is 0 Å². The van der Waals surface area contributed by atoms with Crippen molar-refractivity contribution in [3.05, 3.63) is 18.7 Å². The monoisotopic (exact) mass is 238 g/mol. The van der Waals surface area contributed by atoms with Gasteiger partial charge in [-0.05, 0) is 6.92 Å². The fourth-order valence-corrected chi connectivity index (χ4v) is 0.626. The second-order valence-corrected chi connectivity index (χ2v) is 3.37. The molecule has 3 N–H and O–H groups in total. The maximum Gasteiger partial charge on any atom is 0.394 e. The van der Waals surface area contributed by atoms with Gasteiger partial charge >= 0.3 is 16.4 Å². The maximum atomic E-state index is 10.3. The predicted octanol–water partition coefficient (Wildman–Crippen LogP) is -0.124. The zero-order chi connectivity index (χ0) is 12.1. The molecule has 0 saturated carbocycles. The van der Waals surface area contributed by atoms with E-state index >= 15 is 0 Å². The van der Waals surface area contributed by atoms with Crippen LogP contribution in [0.25, 0.3) is 0 Å². The van der Waals surface area contributed by atoms with Crippen molar-refractivity contribution in [1.29, 1.82) is 0 Å². The molecule has 0 aliphatic heterocycles. The minimum atomic E-state index is -4.67. The van der Waals surface area contributed by atoms with E-state index in [0.717, 1.165) is 0 Å². The van der Waals surface area contributed by atoms with Gasteiger partial charge in [-0.2, -0.15) is 8.42 Å². The number of carboxylic acids is 1. The van der Waals surface area contributed by atoms with E-state index in [2.05, 4.69) is 4.98 Å². The van der Waals surface area contributed by atoms with E-state index in [0.29, 0.717) is 0 Å². The highest BCUT2D eigenvalue weighted by atomic mass is 32.3. The van der Waals surface area contributed by atoms with Gasteiger partial charge in [-0.1, -0.05) is 0 Å². The Bertz CT molecular complexity index is 389. The predicted molar refractivity (Wildman–Crippen MR) is 48.8 cm³/mol. The Morgan fingerprint density at radius 2 is 1.93 bits per heavy atom. The zero-order valence-corrected chi connectivity index (χ0v) is 8.49. The first-order chi connectivity index (χ1) is 6.72. The van der Waals surface area contributed by atoms with Crippen molar-refractivity contribution < 1.29 is 27.4 Å². The normalized spacial score (nSPS) is 12.5. The minimum absolute atomic E-state index is 0.525. The molecular weight excluding hydrogens is 228 g/mol. The zero-order valence-electron chi connectivity index (χ0n) is 7.68. The van der Waals surface area contributed by atoms with Gasteiger partial charge in [0, 0.05) is 12.4 Å².